The molecule has 0 bridgehead atoms. The van der Waals surface area contributed by atoms with Gasteiger partial charge in [-0.2, -0.15) is 0 Å². The normalized spacial score (nSPS) is 14.6. The average Bonchev–Trinajstić information content (AvgIpc) is 3.32. The Bertz CT molecular complexity index is 728. The van der Waals surface area contributed by atoms with Crippen LogP contribution in [0.1, 0.15) is 41.0 Å². The second-order valence-electron chi connectivity index (χ2n) is 6.66. The molecular formula is C21H28O11. The van der Waals surface area contributed by atoms with Crippen LogP contribution in [-0.4, -0.2) is 81.9 Å². The van der Waals surface area contributed by atoms with Crippen molar-refractivity contribution in [3.8, 4) is 0 Å². The Morgan fingerprint density at radius 1 is 0.812 bits per heavy atom. The first-order chi connectivity index (χ1) is 15.1. The summed E-state index contributed by atoms with van der Waals surface area (Å²) in [5.74, 6) is -2.26. The van der Waals surface area contributed by atoms with Gasteiger partial charge in [0.25, 0.3) is 0 Å². The number of carbonyl (C=O) groups is 4. The molecule has 0 spiro atoms. The highest BCUT2D eigenvalue weighted by Gasteiger charge is 2.28. The van der Waals surface area contributed by atoms with Gasteiger partial charge >= 0.3 is 23.9 Å². The zero-order valence-electron chi connectivity index (χ0n) is 17.8. The maximum absolute atomic E-state index is 10.8. The number of hydrogen-bond donors (Lipinski definition) is 5. The lowest BCUT2D eigenvalue weighted by Gasteiger charge is -2.24. The lowest BCUT2D eigenvalue weighted by molar-refractivity contribution is -0.150. The number of fused-ring (bicyclic) bond motifs is 1. The van der Waals surface area contributed by atoms with E-state index in [2.05, 4.69) is 9.47 Å². The van der Waals surface area contributed by atoms with Crippen LogP contribution < -0.4 is 0 Å². The molecular weight excluding hydrogens is 428 g/mol. The van der Waals surface area contributed by atoms with E-state index in [1.807, 2.05) is 6.92 Å². The van der Waals surface area contributed by atoms with Gasteiger partial charge in [0.05, 0.1) is 43.7 Å². The molecule has 1 atom stereocenters. The van der Waals surface area contributed by atoms with Crippen LogP contribution in [0, 0.1) is 5.41 Å². The van der Waals surface area contributed by atoms with E-state index in [0.717, 1.165) is 12.2 Å². The van der Waals surface area contributed by atoms with E-state index in [1.54, 1.807) is 24.3 Å². The van der Waals surface area contributed by atoms with Crippen molar-refractivity contribution in [3.05, 3.63) is 47.5 Å². The third kappa shape index (κ3) is 9.90. The first kappa shape index (κ1) is 29.0. The van der Waals surface area contributed by atoms with Gasteiger partial charge in [0, 0.05) is 17.6 Å². The first-order valence-electron chi connectivity index (χ1n) is 9.50. The van der Waals surface area contributed by atoms with E-state index in [9.17, 15) is 19.2 Å². The summed E-state index contributed by atoms with van der Waals surface area (Å²) < 4.78 is 8.33. The van der Waals surface area contributed by atoms with Gasteiger partial charge in [-0.3, -0.25) is 0 Å². The molecule has 1 aromatic carbocycles. The minimum atomic E-state index is -0.667. The summed E-state index contributed by atoms with van der Waals surface area (Å²) in [6, 6.07) is 6.53. The maximum atomic E-state index is 10.8. The fourth-order valence-corrected chi connectivity index (χ4v) is 1.82. The summed E-state index contributed by atoms with van der Waals surface area (Å²) >= 11 is 0. The second kappa shape index (κ2) is 14.9. The van der Waals surface area contributed by atoms with Gasteiger partial charge in [0.2, 0.25) is 0 Å². The fourth-order valence-electron chi connectivity index (χ4n) is 1.82. The summed E-state index contributed by atoms with van der Waals surface area (Å²) in [4.78, 5) is 41.5. The molecule has 32 heavy (non-hydrogen) atoms. The van der Waals surface area contributed by atoms with E-state index in [-0.39, 0.29) is 26.4 Å². The van der Waals surface area contributed by atoms with Crippen molar-refractivity contribution < 1.29 is 54.2 Å². The molecule has 0 aromatic heterocycles. The lowest BCUT2D eigenvalue weighted by Crippen LogP contribution is -2.32. The standard InChI is InChI=1S/C8H4O3.C6H14O3.C4H2O3.C3H8O2/c9-7-5-3-1-2-4-6(5)8(10)11-7;1-2-6(3-7,4-8)5-9;5-3-1-2-4(6)7-3;1-3(5)2-4/h1-4H;7-9H,2-5H2,1H3;1-2H;3-5H,2H2,1H3. The highest BCUT2D eigenvalue weighted by molar-refractivity contribution is 6.14. The molecule has 11 nitrogen and oxygen atoms in total. The van der Waals surface area contributed by atoms with Crippen molar-refractivity contribution in [3.63, 3.8) is 0 Å². The Balaban J connectivity index is 0.000000418. The third-order valence-corrected chi connectivity index (χ3v) is 4.13. The van der Waals surface area contributed by atoms with Crippen LogP contribution in [-0.2, 0) is 19.1 Å². The van der Waals surface area contributed by atoms with Crippen LogP contribution in [0.5, 0.6) is 0 Å². The molecule has 0 saturated heterocycles. The number of aliphatic hydroxyl groups is 5. The summed E-state index contributed by atoms with van der Waals surface area (Å²) in [5.41, 5.74) is 0.0509. The fraction of sp³-hybridized carbons (Fsp3) is 0.429. The second-order valence-corrected chi connectivity index (χ2v) is 6.66. The van der Waals surface area contributed by atoms with Gasteiger partial charge in [-0.05, 0) is 25.5 Å². The smallest absolute Gasteiger partial charge is 0.346 e. The molecule has 0 fully saturated rings. The van der Waals surface area contributed by atoms with Crippen LogP contribution in [0.2, 0.25) is 0 Å². The van der Waals surface area contributed by atoms with Crippen molar-refractivity contribution in [2.24, 2.45) is 5.41 Å². The molecule has 0 saturated carbocycles. The van der Waals surface area contributed by atoms with E-state index < -0.39 is 35.4 Å². The first-order valence-corrected chi connectivity index (χ1v) is 9.50. The molecule has 5 N–H and O–H groups in total. The van der Waals surface area contributed by atoms with Crippen LogP contribution in [0.4, 0.5) is 0 Å². The van der Waals surface area contributed by atoms with Gasteiger partial charge in [0.15, 0.2) is 0 Å². The maximum Gasteiger partial charge on any atom is 0.346 e. The SMILES string of the molecule is CC(O)CO.CCC(CO)(CO)CO.O=C1C=CC(=O)O1.O=C1OC(=O)c2ccccc21. The Morgan fingerprint density at radius 3 is 1.38 bits per heavy atom. The van der Waals surface area contributed by atoms with Gasteiger partial charge in [0.1, 0.15) is 0 Å². The highest BCUT2D eigenvalue weighted by atomic mass is 16.6. The van der Waals surface area contributed by atoms with Crippen molar-refractivity contribution in [1.82, 2.24) is 0 Å². The molecule has 0 radical (unpaired) electrons. The van der Waals surface area contributed by atoms with E-state index >= 15 is 0 Å². The Morgan fingerprint density at radius 2 is 1.19 bits per heavy atom. The monoisotopic (exact) mass is 456 g/mol. The van der Waals surface area contributed by atoms with Crippen LogP contribution in [0.15, 0.2) is 36.4 Å². The summed E-state index contributed by atoms with van der Waals surface area (Å²) in [6.45, 7) is 2.74. The van der Waals surface area contributed by atoms with Gasteiger partial charge in [-0.25, -0.2) is 19.2 Å². The number of aliphatic hydroxyl groups excluding tert-OH is 5. The molecule has 3 rings (SSSR count). The minimum absolute atomic E-state index is 0.139. The molecule has 2 aliphatic rings. The number of ether oxygens (including phenoxy) is 2. The van der Waals surface area contributed by atoms with Gasteiger partial charge in [-0.15, -0.1) is 0 Å². The Kier molecular flexibility index (Phi) is 13.6. The highest BCUT2D eigenvalue weighted by Crippen LogP contribution is 2.19. The zero-order valence-corrected chi connectivity index (χ0v) is 17.8. The van der Waals surface area contributed by atoms with Crippen molar-refractivity contribution in [2.75, 3.05) is 26.4 Å². The quantitative estimate of drug-likeness (QED) is 0.279. The zero-order chi connectivity index (χ0) is 24.7. The molecule has 178 valence electrons. The van der Waals surface area contributed by atoms with Gasteiger partial charge in [-0.1, -0.05) is 19.1 Å². The van der Waals surface area contributed by atoms with Crippen molar-refractivity contribution in [1.29, 1.82) is 0 Å². The number of benzene rings is 1. The molecule has 1 aromatic rings. The number of carbonyl (C=O) groups excluding carboxylic acids is 4. The van der Waals surface area contributed by atoms with E-state index in [1.165, 1.54) is 6.92 Å². The Hall–Kier alpha value is -2.96. The number of rotatable bonds is 5. The van der Waals surface area contributed by atoms with Gasteiger partial charge < -0.3 is 35.0 Å². The molecule has 2 heterocycles. The summed E-state index contributed by atoms with van der Waals surface area (Å²) in [7, 11) is 0. The average molecular weight is 456 g/mol. The predicted octanol–water partition coefficient (Wildman–Crippen LogP) is -0.658. The number of hydrogen-bond acceptors (Lipinski definition) is 11. The third-order valence-electron chi connectivity index (χ3n) is 4.13. The lowest BCUT2D eigenvalue weighted by atomic mass is 9.88. The topological polar surface area (TPSA) is 188 Å². The van der Waals surface area contributed by atoms with E-state index in [0.29, 0.717) is 17.5 Å². The predicted molar refractivity (Wildman–Crippen MR) is 109 cm³/mol. The van der Waals surface area contributed by atoms with Crippen molar-refractivity contribution >= 4 is 23.9 Å². The number of cyclic esters (lactones) is 4. The largest absolute Gasteiger partial charge is 0.396 e. The molecule has 2 aliphatic heterocycles. The van der Waals surface area contributed by atoms with Crippen molar-refractivity contribution in [2.45, 2.75) is 26.4 Å². The van der Waals surface area contributed by atoms with E-state index in [4.69, 9.17) is 25.5 Å². The van der Waals surface area contributed by atoms with Crippen LogP contribution in [0.3, 0.4) is 0 Å². The Labute approximate surface area is 184 Å². The number of esters is 4. The molecule has 1 unspecified atom stereocenters. The minimum Gasteiger partial charge on any atom is -0.396 e. The molecule has 11 heteroatoms. The molecule has 0 aliphatic carbocycles. The summed E-state index contributed by atoms with van der Waals surface area (Å²) in [5, 5.41) is 42.0. The molecule has 0 amide bonds. The summed E-state index contributed by atoms with van der Waals surface area (Å²) in [6.07, 6.45) is 2.20. The van der Waals surface area contributed by atoms with Crippen LogP contribution in [0.25, 0.3) is 0 Å². The van der Waals surface area contributed by atoms with Crippen LogP contribution >= 0.6 is 0 Å².